The van der Waals surface area contributed by atoms with E-state index >= 15 is 0 Å². The van der Waals surface area contributed by atoms with E-state index in [0.717, 1.165) is 33.4 Å². The van der Waals surface area contributed by atoms with Crippen molar-refractivity contribution in [1.82, 2.24) is 14.5 Å². The maximum Gasteiger partial charge on any atom is 0.145 e. The van der Waals surface area contributed by atoms with Gasteiger partial charge in [-0.05, 0) is 64.2 Å². The van der Waals surface area contributed by atoms with Gasteiger partial charge >= 0.3 is 0 Å². The van der Waals surface area contributed by atoms with Crippen molar-refractivity contribution in [3.8, 4) is 39.1 Å². The van der Waals surface area contributed by atoms with E-state index in [-0.39, 0.29) is 0 Å². The van der Waals surface area contributed by atoms with Crippen LogP contribution in [0.15, 0.2) is 140 Å². The van der Waals surface area contributed by atoms with Gasteiger partial charge in [-0.25, -0.2) is 4.98 Å². The molecule has 4 aromatic carbocycles. The Kier molecular flexibility index (Phi) is 5.11. The molecule has 0 aliphatic heterocycles. The number of pyridine rings is 2. The molecule has 7 rings (SSSR count). The Morgan fingerprint density at radius 1 is 0.459 bits per heavy atom. The zero-order chi connectivity index (χ0) is 24.6. The molecule has 0 aliphatic rings. The van der Waals surface area contributed by atoms with E-state index in [9.17, 15) is 0 Å². The molecule has 0 N–H and O–H groups in total. The Morgan fingerprint density at radius 3 is 1.86 bits per heavy atom. The van der Waals surface area contributed by atoms with Gasteiger partial charge in [-0.15, -0.1) is 0 Å². The first-order valence-electron chi connectivity index (χ1n) is 12.4. The topological polar surface area (TPSA) is 30.7 Å². The van der Waals surface area contributed by atoms with Gasteiger partial charge in [0.05, 0.1) is 11.2 Å². The third-order valence-electron chi connectivity index (χ3n) is 6.97. The lowest BCUT2D eigenvalue weighted by atomic mass is 9.86. The highest BCUT2D eigenvalue weighted by molar-refractivity contribution is 6.09. The van der Waals surface area contributed by atoms with Crippen LogP contribution in [0.1, 0.15) is 0 Å². The number of nitrogens with zero attached hydrogens (tertiary/aromatic N) is 3. The van der Waals surface area contributed by atoms with Gasteiger partial charge in [0.1, 0.15) is 5.65 Å². The largest absolute Gasteiger partial charge is 0.293 e. The standard InChI is InChI=1S/C34H23N3/c1-3-10-25(11-4-1)32-27(24-19-22-35-23-20-24)17-18-31(33(32)26-12-5-2-6-13-26)37-30-16-8-7-14-28(30)29-15-9-21-36-34(29)37/h1-23H. The molecule has 0 spiro atoms. The quantitative estimate of drug-likeness (QED) is 0.256. The lowest BCUT2D eigenvalue weighted by molar-refractivity contribution is 1.14. The maximum absolute atomic E-state index is 4.87. The van der Waals surface area contributed by atoms with Gasteiger partial charge in [0.25, 0.3) is 0 Å². The van der Waals surface area contributed by atoms with Crippen molar-refractivity contribution >= 4 is 21.9 Å². The van der Waals surface area contributed by atoms with E-state index < -0.39 is 0 Å². The summed E-state index contributed by atoms with van der Waals surface area (Å²) in [4.78, 5) is 9.14. The third kappa shape index (κ3) is 3.52. The summed E-state index contributed by atoms with van der Waals surface area (Å²) in [5.74, 6) is 0. The molecule has 3 aromatic heterocycles. The van der Waals surface area contributed by atoms with Gasteiger partial charge in [0.15, 0.2) is 0 Å². The molecular weight excluding hydrogens is 450 g/mol. The minimum atomic E-state index is 0.955. The molecule has 37 heavy (non-hydrogen) atoms. The Balaban J connectivity index is 1.67. The molecular formula is C34H23N3. The summed E-state index contributed by atoms with van der Waals surface area (Å²) >= 11 is 0. The molecule has 0 aliphatic carbocycles. The number of fused-ring (bicyclic) bond motifs is 3. The van der Waals surface area contributed by atoms with Gasteiger partial charge in [-0.1, -0.05) is 84.9 Å². The molecule has 3 heterocycles. The summed E-state index contributed by atoms with van der Waals surface area (Å²) in [6.07, 6.45) is 5.59. The number of hydrogen-bond acceptors (Lipinski definition) is 2. The Labute approximate surface area is 215 Å². The zero-order valence-corrected chi connectivity index (χ0v) is 20.1. The van der Waals surface area contributed by atoms with E-state index in [1.165, 1.54) is 27.6 Å². The van der Waals surface area contributed by atoms with Gasteiger partial charge in [-0.3, -0.25) is 9.55 Å². The third-order valence-corrected chi connectivity index (χ3v) is 6.97. The lowest BCUT2D eigenvalue weighted by Gasteiger charge is -2.21. The van der Waals surface area contributed by atoms with Crippen LogP contribution in [-0.4, -0.2) is 14.5 Å². The Morgan fingerprint density at radius 2 is 1.11 bits per heavy atom. The van der Waals surface area contributed by atoms with Gasteiger partial charge in [-0.2, -0.15) is 0 Å². The molecule has 0 fully saturated rings. The second-order valence-corrected chi connectivity index (χ2v) is 9.08. The van der Waals surface area contributed by atoms with E-state index in [1.807, 2.05) is 24.7 Å². The first-order valence-corrected chi connectivity index (χ1v) is 12.4. The van der Waals surface area contributed by atoms with Crippen LogP contribution in [0.2, 0.25) is 0 Å². The van der Waals surface area contributed by atoms with Crippen molar-refractivity contribution in [2.75, 3.05) is 0 Å². The maximum atomic E-state index is 4.87. The number of para-hydroxylation sites is 1. The van der Waals surface area contributed by atoms with Crippen LogP contribution in [0.5, 0.6) is 0 Å². The van der Waals surface area contributed by atoms with E-state index in [2.05, 4.69) is 125 Å². The van der Waals surface area contributed by atoms with Gasteiger partial charge in [0, 0.05) is 34.9 Å². The smallest absolute Gasteiger partial charge is 0.145 e. The molecule has 0 amide bonds. The summed E-state index contributed by atoms with van der Waals surface area (Å²) in [5, 5.41) is 2.35. The SMILES string of the molecule is c1ccc(-c2c(-c3ccncc3)ccc(-n3c4ccccc4c4cccnc43)c2-c2ccccc2)cc1. The lowest BCUT2D eigenvalue weighted by Crippen LogP contribution is -2.01. The monoisotopic (exact) mass is 473 g/mol. The molecule has 7 aromatic rings. The van der Waals surface area contributed by atoms with Gasteiger partial charge in [0.2, 0.25) is 0 Å². The Hall–Kier alpha value is -5.02. The van der Waals surface area contributed by atoms with Crippen molar-refractivity contribution in [2.45, 2.75) is 0 Å². The fourth-order valence-electron chi connectivity index (χ4n) is 5.39. The zero-order valence-electron chi connectivity index (χ0n) is 20.1. The van der Waals surface area contributed by atoms with Crippen LogP contribution in [0.4, 0.5) is 0 Å². The number of aromatic nitrogens is 3. The van der Waals surface area contributed by atoms with Crippen LogP contribution in [0.25, 0.3) is 61.0 Å². The fraction of sp³-hybridized carbons (Fsp3) is 0. The highest BCUT2D eigenvalue weighted by atomic mass is 15.0. The van der Waals surface area contributed by atoms with Crippen LogP contribution < -0.4 is 0 Å². The van der Waals surface area contributed by atoms with Crippen LogP contribution >= 0.6 is 0 Å². The van der Waals surface area contributed by atoms with Crippen molar-refractivity contribution in [3.05, 3.63) is 140 Å². The first-order chi connectivity index (χ1) is 18.4. The average molecular weight is 474 g/mol. The molecule has 3 nitrogen and oxygen atoms in total. The predicted octanol–water partition coefficient (Wildman–Crippen LogP) is 8.57. The Bertz CT molecular complexity index is 1800. The summed E-state index contributed by atoms with van der Waals surface area (Å²) in [6.45, 7) is 0. The molecule has 174 valence electrons. The summed E-state index contributed by atoms with van der Waals surface area (Å²) < 4.78 is 2.32. The number of hydrogen-bond donors (Lipinski definition) is 0. The summed E-state index contributed by atoms with van der Waals surface area (Å²) in [7, 11) is 0. The number of rotatable bonds is 4. The molecule has 0 bridgehead atoms. The second kappa shape index (κ2) is 8.89. The minimum absolute atomic E-state index is 0.955. The second-order valence-electron chi connectivity index (χ2n) is 9.08. The normalized spacial score (nSPS) is 11.2. The molecule has 0 saturated carbocycles. The molecule has 0 saturated heterocycles. The summed E-state index contributed by atoms with van der Waals surface area (Å²) in [5.41, 5.74) is 10.2. The summed E-state index contributed by atoms with van der Waals surface area (Å²) in [6, 6.07) is 42.7. The van der Waals surface area contributed by atoms with Crippen molar-refractivity contribution in [1.29, 1.82) is 0 Å². The number of benzene rings is 4. The van der Waals surface area contributed by atoms with Crippen LogP contribution in [0.3, 0.4) is 0 Å². The van der Waals surface area contributed by atoms with Crippen molar-refractivity contribution in [3.63, 3.8) is 0 Å². The van der Waals surface area contributed by atoms with Gasteiger partial charge < -0.3 is 0 Å². The minimum Gasteiger partial charge on any atom is -0.293 e. The highest BCUT2D eigenvalue weighted by Gasteiger charge is 2.22. The van der Waals surface area contributed by atoms with E-state index in [0.29, 0.717) is 0 Å². The van der Waals surface area contributed by atoms with E-state index in [4.69, 9.17) is 4.98 Å². The molecule has 0 unspecified atom stereocenters. The average Bonchev–Trinajstić information content (AvgIpc) is 3.32. The van der Waals surface area contributed by atoms with Crippen LogP contribution in [0, 0.1) is 0 Å². The highest BCUT2D eigenvalue weighted by Crippen LogP contribution is 2.45. The molecule has 0 radical (unpaired) electrons. The fourth-order valence-corrected chi connectivity index (χ4v) is 5.39. The van der Waals surface area contributed by atoms with E-state index in [1.54, 1.807) is 0 Å². The first kappa shape index (κ1) is 21.3. The predicted molar refractivity (Wildman–Crippen MR) is 153 cm³/mol. The van der Waals surface area contributed by atoms with Crippen LogP contribution in [-0.2, 0) is 0 Å². The van der Waals surface area contributed by atoms with Crippen molar-refractivity contribution < 1.29 is 0 Å². The molecule has 0 atom stereocenters. The molecule has 3 heteroatoms. The van der Waals surface area contributed by atoms with Crippen molar-refractivity contribution in [2.24, 2.45) is 0 Å².